The van der Waals surface area contributed by atoms with Gasteiger partial charge in [0, 0.05) is 4.88 Å². The third-order valence-corrected chi connectivity index (χ3v) is 4.07. The van der Waals surface area contributed by atoms with E-state index in [2.05, 4.69) is 6.92 Å². The highest BCUT2D eigenvalue weighted by molar-refractivity contribution is 7.16. The molecule has 1 aromatic heterocycles. The molecule has 1 atom stereocenters. The van der Waals surface area contributed by atoms with Gasteiger partial charge in [-0.1, -0.05) is 6.92 Å². The lowest BCUT2D eigenvalue weighted by molar-refractivity contribution is 0.0600. The number of carbonyl (C=O) groups is 1. The number of rotatable bonds is 1. The smallest absolute Gasteiger partial charge is 0.341 e. The second-order valence-corrected chi connectivity index (χ2v) is 5.10. The van der Waals surface area contributed by atoms with Crippen molar-refractivity contribution in [3.05, 3.63) is 16.0 Å². The molecule has 1 aliphatic carbocycles. The summed E-state index contributed by atoms with van der Waals surface area (Å²) in [7, 11) is 1.40. The number of fused-ring (bicyclic) bond motifs is 1. The van der Waals surface area contributed by atoms with E-state index in [4.69, 9.17) is 10.5 Å². The van der Waals surface area contributed by atoms with E-state index in [1.807, 2.05) is 0 Å². The lowest BCUT2D eigenvalue weighted by atomic mass is 9.86. The maximum absolute atomic E-state index is 11.6. The Bertz CT molecular complexity index is 398. The molecule has 0 amide bonds. The van der Waals surface area contributed by atoms with Crippen LogP contribution in [0.2, 0.25) is 0 Å². The fourth-order valence-corrected chi connectivity index (χ4v) is 3.46. The van der Waals surface area contributed by atoms with E-state index in [0.717, 1.165) is 18.4 Å². The van der Waals surface area contributed by atoms with E-state index in [1.165, 1.54) is 18.4 Å². The van der Waals surface area contributed by atoms with Crippen LogP contribution in [0.25, 0.3) is 0 Å². The summed E-state index contributed by atoms with van der Waals surface area (Å²) < 4.78 is 4.78. The van der Waals surface area contributed by atoms with Gasteiger partial charge in [0.2, 0.25) is 0 Å². The number of nitrogen functional groups attached to an aromatic ring is 1. The minimum absolute atomic E-state index is 0.293. The molecule has 0 fully saturated rings. The third kappa shape index (κ3) is 1.63. The van der Waals surface area contributed by atoms with Crippen LogP contribution in [0.5, 0.6) is 0 Å². The number of nitrogens with two attached hydrogens (primary N) is 1. The normalized spacial score (nSPS) is 19.7. The Labute approximate surface area is 93.2 Å². The van der Waals surface area contributed by atoms with Gasteiger partial charge in [-0.2, -0.15) is 0 Å². The molecule has 0 aromatic carbocycles. The number of ether oxygens (including phenoxy) is 1. The first kappa shape index (κ1) is 10.5. The van der Waals surface area contributed by atoms with Gasteiger partial charge in [-0.15, -0.1) is 11.3 Å². The maximum Gasteiger partial charge on any atom is 0.341 e. The standard InChI is InChI=1S/C11H15NO2S/c1-6-4-3-5-7-8(6)9(10(12)15-7)11(13)14-2/h6H,3-5,12H2,1-2H3/t6-/m1/s1. The summed E-state index contributed by atoms with van der Waals surface area (Å²) >= 11 is 1.54. The van der Waals surface area contributed by atoms with Crippen molar-refractivity contribution in [2.75, 3.05) is 12.8 Å². The van der Waals surface area contributed by atoms with Crippen LogP contribution in [-0.2, 0) is 11.2 Å². The van der Waals surface area contributed by atoms with Crippen molar-refractivity contribution in [2.45, 2.75) is 32.1 Å². The average Bonchev–Trinajstić information content (AvgIpc) is 2.55. The first-order chi connectivity index (χ1) is 7.15. The Hall–Kier alpha value is -1.03. The Kier molecular flexibility index (Phi) is 2.69. The third-order valence-electron chi connectivity index (χ3n) is 2.97. The van der Waals surface area contributed by atoms with Crippen molar-refractivity contribution in [1.29, 1.82) is 0 Å². The summed E-state index contributed by atoms with van der Waals surface area (Å²) in [5.74, 6) is 0.134. The highest BCUT2D eigenvalue weighted by Crippen LogP contribution is 2.42. The van der Waals surface area contributed by atoms with Crippen molar-refractivity contribution in [3.63, 3.8) is 0 Å². The quantitative estimate of drug-likeness (QED) is 0.747. The Morgan fingerprint density at radius 2 is 2.33 bits per heavy atom. The monoisotopic (exact) mass is 225 g/mol. The second-order valence-electron chi connectivity index (χ2n) is 3.96. The van der Waals surface area contributed by atoms with Crippen LogP contribution < -0.4 is 5.73 Å². The molecular formula is C11H15NO2S. The predicted molar refractivity (Wildman–Crippen MR) is 61.4 cm³/mol. The first-order valence-corrected chi connectivity index (χ1v) is 5.96. The molecule has 0 unspecified atom stereocenters. The van der Waals surface area contributed by atoms with Gasteiger partial charge in [0.1, 0.15) is 5.00 Å². The van der Waals surface area contributed by atoms with Crippen LogP contribution in [0, 0.1) is 0 Å². The van der Waals surface area contributed by atoms with Crippen molar-refractivity contribution in [3.8, 4) is 0 Å². The molecule has 2 rings (SSSR count). The molecule has 0 radical (unpaired) electrons. The number of thiophene rings is 1. The molecule has 2 N–H and O–H groups in total. The predicted octanol–water partition coefficient (Wildman–Crippen LogP) is 2.56. The minimum atomic E-state index is -0.293. The first-order valence-electron chi connectivity index (χ1n) is 5.14. The van der Waals surface area contributed by atoms with Crippen LogP contribution >= 0.6 is 11.3 Å². The fraction of sp³-hybridized carbons (Fsp3) is 0.545. The molecule has 1 heterocycles. The van der Waals surface area contributed by atoms with Crippen LogP contribution in [0.1, 0.15) is 46.5 Å². The van der Waals surface area contributed by atoms with Gasteiger partial charge < -0.3 is 10.5 Å². The van der Waals surface area contributed by atoms with Gasteiger partial charge in [-0.3, -0.25) is 0 Å². The highest BCUT2D eigenvalue weighted by atomic mass is 32.1. The Morgan fingerprint density at radius 1 is 1.60 bits per heavy atom. The van der Waals surface area contributed by atoms with Crippen molar-refractivity contribution in [2.24, 2.45) is 0 Å². The Balaban J connectivity index is 2.54. The molecule has 15 heavy (non-hydrogen) atoms. The molecule has 3 nitrogen and oxygen atoms in total. The summed E-state index contributed by atoms with van der Waals surface area (Å²) in [6.07, 6.45) is 3.37. The molecule has 0 spiro atoms. The van der Waals surface area contributed by atoms with Crippen molar-refractivity contribution < 1.29 is 9.53 Å². The summed E-state index contributed by atoms with van der Waals surface area (Å²) in [6, 6.07) is 0. The fourth-order valence-electron chi connectivity index (χ4n) is 2.24. The van der Waals surface area contributed by atoms with E-state index in [0.29, 0.717) is 16.5 Å². The highest BCUT2D eigenvalue weighted by Gasteiger charge is 2.28. The largest absolute Gasteiger partial charge is 0.465 e. The SMILES string of the molecule is COC(=O)c1c(N)sc2c1[C@H](C)CCC2. The molecule has 0 saturated heterocycles. The molecular weight excluding hydrogens is 210 g/mol. The van der Waals surface area contributed by atoms with Gasteiger partial charge in [-0.25, -0.2) is 4.79 Å². The van der Waals surface area contributed by atoms with E-state index in [1.54, 1.807) is 11.3 Å². The molecule has 1 aliphatic rings. The zero-order chi connectivity index (χ0) is 11.0. The van der Waals surface area contributed by atoms with Crippen molar-refractivity contribution >= 4 is 22.3 Å². The molecule has 0 saturated carbocycles. The van der Waals surface area contributed by atoms with Crippen LogP contribution in [0.15, 0.2) is 0 Å². The van der Waals surface area contributed by atoms with E-state index < -0.39 is 0 Å². The number of anilines is 1. The number of hydrogen-bond acceptors (Lipinski definition) is 4. The molecule has 4 heteroatoms. The minimum Gasteiger partial charge on any atom is -0.465 e. The van der Waals surface area contributed by atoms with E-state index in [-0.39, 0.29) is 5.97 Å². The van der Waals surface area contributed by atoms with Crippen LogP contribution in [0.3, 0.4) is 0 Å². The lowest BCUT2D eigenvalue weighted by Crippen LogP contribution is -2.11. The summed E-state index contributed by atoms with van der Waals surface area (Å²) in [4.78, 5) is 12.9. The number of carbonyl (C=O) groups excluding carboxylic acids is 1. The Morgan fingerprint density at radius 3 is 3.00 bits per heavy atom. The molecule has 0 aliphatic heterocycles. The average molecular weight is 225 g/mol. The van der Waals surface area contributed by atoms with Gasteiger partial charge >= 0.3 is 5.97 Å². The topological polar surface area (TPSA) is 52.3 Å². The number of esters is 1. The van der Waals surface area contributed by atoms with Gasteiger partial charge in [0.05, 0.1) is 12.7 Å². The van der Waals surface area contributed by atoms with Gasteiger partial charge in [0.15, 0.2) is 0 Å². The number of aryl methyl sites for hydroxylation is 1. The van der Waals surface area contributed by atoms with Crippen molar-refractivity contribution in [1.82, 2.24) is 0 Å². The molecule has 82 valence electrons. The van der Waals surface area contributed by atoms with Crippen LogP contribution in [0.4, 0.5) is 5.00 Å². The zero-order valence-corrected chi connectivity index (χ0v) is 9.82. The lowest BCUT2D eigenvalue weighted by Gasteiger charge is -2.19. The maximum atomic E-state index is 11.6. The van der Waals surface area contributed by atoms with Crippen LogP contribution in [-0.4, -0.2) is 13.1 Å². The summed E-state index contributed by atoms with van der Waals surface area (Å²) in [5, 5.41) is 0.612. The summed E-state index contributed by atoms with van der Waals surface area (Å²) in [6.45, 7) is 2.15. The van der Waals surface area contributed by atoms with Gasteiger partial charge in [-0.05, 0) is 30.7 Å². The molecule has 1 aromatic rings. The van der Waals surface area contributed by atoms with E-state index in [9.17, 15) is 4.79 Å². The summed E-state index contributed by atoms with van der Waals surface area (Å²) in [5.41, 5.74) is 7.63. The number of methoxy groups -OCH3 is 1. The van der Waals surface area contributed by atoms with Gasteiger partial charge in [0.25, 0.3) is 0 Å². The molecule has 0 bridgehead atoms. The number of hydrogen-bond donors (Lipinski definition) is 1. The zero-order valence-electron chi connectivity index (χ0n) is 9.00. The second kappa shape index (κ2) is 3.85. The van der Waals surface area contributed by atoms with E-state index >= 15 is 0 Å².